The Bertz CT molecular complexity index is 440. The Balaban J connectivity index is 2.64. The number of halogens is 2. The molecule has 0 bridgehead atoms. The summed E-state index contributed by atoms with van der Waals surface area (Å²) in [6.45, 7) is 2.48. The minimum absolute atomic E-state index is 0.231. The van der Waals surface area contributed by atoms with Gasteiger partial charge in [-0.15, -0.1) is 0 Å². The van der Waals surface area contributed by atoms with Crippen LogP contribution in [-0.4, -0.2) is 24.0 Å². The summed E-state index contributed by atoms with van der Waals surface area (Å²) >= 11 is 1.68. The van der Waals surface area contributed by atoms with Crippen molar-refractivity contribution >= 4 is 23.4 Å². The highest BCUT2D eigenvalue weighted by molar-refractivity contribution is 7.99. The van der Waals surface area contributed by atoms with Crippen molar-refractivity contribution < 1.29 is 13.6 Å². The van der Waals surface area contributed by atoms with Gasteiger partial charge < -0.3 is 11.1 Å². The summed E-state index contributed by atoms with van der Waals surface area (Å²) in [7, 11) is 0. The maximum absolute atomic E-state index is 13.4. The third-order valence-corrected chi connectivity index (χ3v) is 3.61. The number of nitrogen functional groups attached to an aromatic ring is 1. The van der Waals surface area contributed by atoms with Crippen LogP contribution in [0.15, 0.2) is 12.1 Å². The Labute approximate surface area is 109 Å². The highest BCUT2D eigenvalue weighted by atomic mass is 32.2. The van der Waals surface area contributed by atoms with Crippen molar-refractivity contribution in [2.75, 3.05) is 18.5 Å². The molecule has 0 saturated carbocycles. The molecule has 3 nitrogen and oxygen atoms in total. The van der Waals surface area contributed by atoms with Crippen LogP contribution in [0.3, 0.4) is 0 Å². The average Bonchev–Trinajstić information content (AvgIpc) is 2.33. The maximum Gasteiger partial charge on any atom is 0.254 e. The van der Waals surface area contributed by atoms with Crippen LogP contribution in [0.2, 0.25) is 0 Å². The van der Waals surface area contributed by atoms with E-state index in [0.29, 0.717) is 17.9 Å². The molecule has 0 spiro atoms. The molecule has 1 rings (SSSR count). The number of hydrogen-bond acceptors (Lipinski definition) is 3. The Kier molecular flexibility index (Phi) is 5.40. The predicted octanol–water partition coefficient (Wildman–Crippen LogP) is 2.42. The summed E-state index contributed by atoms with van der Waals surface area (Å²) in [5.74, 6) is -2.34. The summed E-state index contributed by atoms with van der Waals surface area (Å²) in [5.41, 5.74) is 4.83. The smallest absolute Gasteiger partial charge is 0.254 e. The van der Waals surface area contributed by atoms with Gasteiger partial charge in [0, 0.05) is 17.9 Å². The highest BCUT2D eigenvalue weighted by Gasteiger charge is 2.14. The molecule has 0 heterocycles. The Hall–Kier alpha value is -1.30. The van der Waals surface area contributed by atoms with Gasteiger partial charge in [-0.05, 0) is 18.7 Å². The molecular formula is C12H16F2N2OS. The van der Waals surface area contributed by atoms with Crippen LogP contribution in [0.5, 0.6) is 0 Å². The van der Waals surface area contributed by atoms with Gasteiger partial charge in [0.1, 0.15) is 11.6 Å². The van der Waals surface area contributed by atoms with Crippen molar-refractivity contribution in [2.45, 2.75) is 18.6 Å². The normalized spacial score (nSPS) is 12.2. The maximum atomic E-state index is 13.4. The average molecular weight is 274 g/mol. The second-order valence-electron chi connectivity index (χ2n) is 3.94. The first kappa shape index (κ1) is 14.8. The molecule has 6 heteroatoms. The van der Waals surface area contributed by atoms with Crippen molar-refractivity contribution in [2.24, 2.45) is 0 Å². The topological polar surface area (TPSA) is 55.1 Å². The first-order chi connectivity index (χ1) is 8.45. The second kappa shape index (κ2) is 6.58. The first-order valence-electron chi connectivity index (χ1n) is 5.51. The third-order valence-electron chi connectivity index (χ3n) is 2.57. The van der Waals surface area contributed by atoms with Crippen LogP contribution in [0.1, 0.15) is 23.7 Å². The Morgan fingerprint density at radius 1 is 1.44 bits per heavy atom. The van der Waals surface area contributed by atoms with Crippen molar-refractivity contribution in [3.63, 3.8) is 0 Å². The molecule has 1 aromatic rings. The van der Waals surface area contributed by atoms with E-state index in [-0.39, 0.29) is 11.3 Å². The zero-order valence-corrected chi connectivity index (χ0v) is 11.1. The van der Waals surface area contributed by atoms with Gasteiger partial charge in [0.25, 0.3) is 5.91 Å². The van der Waals surface area contributed by atoms with Crippen LogP contribution < -0.4 is 11.1 Å². The van der Waals surface area contributed by atoms with Gasteiger partial charge in [-0.2, -0.15) is 11.8 Å². The van der Waals surface area contributed by atoms with Crippen LogP contribution in [0.25, 0.3) is 0 Å². The fourth-order valence-electron chi connectivity index (χ4n) is 1.34. The molecule has 100 valence electrons. The first-order valence-corrected chi connectivity index (χ1v) is 6.80. The number of carbonyl (C=O) groups is 1. The lowest BCUT2D eigenvalue weighted by atomic mass is 10.1. The summed E-state index contributed by atoms with van der Waals surface area (Å²) in [6.07, 6.45) is 2.76. The van der Waals surface area contributed by atoms with E-state index in [4.69, 9.17) is 5.73 Å². The molecule has 1 aromatic carbocycles. The van der Waals surface area contributed by atoms with Gasteiger partial charge in [-0.25, -0.2) is 8.78 Å². The van der Waals surface area contributed by atoms with Gasteiger partial charge >= 0.3 is 0 Å². The van der Waals surface area contributed by atoms with Gasteiger partial charge in [0.2, 0.25) is 0 Å². The van der Waals surface area contributed by atoms with E-state index in [9.17, 15) is 13.6 Å². The number of carbonyl (C=O) groups excluding carboxylic acids is 1. The number of thioether (sulfide) groups is 1. The van der Waals surface area contributed by atoms with E-state index < -0.39 is 17.5 Å². The Morgan fingerprint density at radius 3 is 2.72 bits per heavy atom. The molecule has 0 aliphatic rings. The molecule has 1 unspecified atom stereocenters. The van der Waals surface area contributed by atoms with E-state index in [1.807, 2.05) is 13.2 Å². The van der Waals surface area contributed by atoms with Gasteiger partial charge in [-0.1, -0.05) is 6.92 Å². The standard InChI is InChI=1S/C12H16F2N2OS/c1-7(18-2)3-4-16-12(17)8-5-11(15)10(14)6-9(8)13/h5-7H,3-4,15H2,1-2H3,(H,16,17). The largest absolute Gasteiger partial charge is 0.396 e. The fourth-order valence-corrected chi connectivity index (χ4v) is 1.70. The second-order valence-corrected chi connectivity index (χ2v) is 5.22. The lowest BCUT2D eigenvalue weighted by molar-refractivity contribution is 0.0949. The van der Waals surface area contributed by atoms with Crippen molar-refractivity contribution in [1.82, 2.24) is 5.32 Å². The van der Waals surface area contributed by atoms with E-state index in [2.05, 4.69) is 5.32 Å². The molecule has 1 amide bonds. The molecule has 0 aromatic heterocycles. The summed E-state index contributed by atoms with van der Waals surface area (Å²) < 4.78 is 26.3. The van der Waals surface area contributed by atoms with E-state index in [1.54, 1.807) is 11.8 Å². The number of nitrogens with two attached hydrogens (primary N) is 1. The number of nitrogens with one attached hydrogen (secondary N) is 1. The van der Waals surface area contributed by atoms with Crippen molar-refractivity contribution in [3.05, 3.63) is 29.3 Å². The van der Waals surface area contributed by atoms with Crippen LogP contribution >= 0.6 is 11.8 Å². The van der Waals surface area contributed by atoms with Crippen LogP contribution in [-0.2, 0) is 0 Å². The van der Waals surface area contributed by atoms with E-state index in [1.165, 1.54) is 0 Å². The fraction of sp³-hybridized carbons (Fsp3) is 0.417. The number of rotatable bonds is 5. The van der Waals surface area contributed by atoms with Crippen LogP contribution in [0, 0.1) is 11.6 Å². The van der Waals surface area contributed by atoms with Gasteiger partial charge in [-0.3, -0.25) is 4.79 Å². The molecular weight excluding hydrogens is 258 g/mol. The van der Waals surface area contributed by atoms with Crippen molar-refractivity contribution in [1.29, 1.82) is 0 Å². The molecule has 0 saturated heterocycles. The van der Waals surface area contributed by atoms with Gasteiger partial charge in [0.15, 0.2) is 0 Å². The zero-order valence-electron chi connectivity index (χ0n) is 10.3. The number of amides is 1. The minimum Gasteiger partial charge on any atom is -0.396 e. The van der Waals surface area contributed by atoms with Crippen LogP contribution in [0.4, 0.5) is 14.5 Å². The summed E-state index contributed by atoms with van der Waals surface area (Å²) in [6, 6.07) is 1.63. The third kappa shape index (κ3) is 3.87. The van der Waals surface area contributed by atoms with E-state index >= 15 is 0 Å². The predicted molar refractivity (Wildman–Crippen MR) is 70.7 cm³/mol. The molecule has 0 fully saturated rings. The highest BCUT2D eigenvalue weighted by Crippen LogP contribution is 2.16. The minimum atomic E-state index is -0.905. The van der Waals surface area contributed by atoms with E-state index in [0.717, 1.165) is 12.5 Å². The molecule has 1 atom stereocenters. The molecule has 0 aliphatic carbocycles. The SMILES string of the molecule is CSC(C)CCNC(=O)c1cc(N)c(F)cc1F. The lowest BCUT2D eigenvalue weighted by Gasteiger charge is -2.10. The number of anilines is 1. The quantitative estimate of drug-likeness (QED) is 0.811. The monoisotopic (exact) mass is 274 g/mol. The Morgan fingerprint density at radius 2 is 2.11 bits per heavy atom. The van der Waals surface area contributed by atoms with Crippen molar-refractivity contribution in [3.8, 4) is 0 Å². The number of benzene rings is 1. The number of hydrogen-bond donors (Lipinski definition) is 2. The lowest BCUT2D eigenvalue weighted by Crippen LogP contribution is -2.27. The zero-order chi connectivity index (χ0) is 13.7. The summed E-state index contributed by atoms with van der Waals surface area (Å²) in [5, 5.41) is 2.99. The molecule has 0 radical (unpaired) electrons. The molecule has 18 heavy (non-hydrogen) atoms. The molecule has 3 N–H and O–H groups in total. The summed E-state index contributed by atoms with van der Waals surface area (Å²) in [4.78, 5) is 11.7. The van der Waals surface area contributed by atoms with Gasteiger partial charge in [0.05, 0.1) is 11.3 Å². The molecule has 0 aliphatic heterocycles.